The van der Waals surface area contributed by atoms with E-state index in [0.29, 0.717) is 11.7 Å². The third kappa shape index (κ3) is 5.18. The normalized spacial score (nSPS) is 17.0. The van der Waals surface area contributed by atoms with Crippen LogP contribution in [-0.2, 0) is 4.79 Å². The first-order valence-electron chi connectivity index (χ1n) is 7.71. The minimum Gasteiger partial charge on any atom is -0.342 e. The zero-order chi connectivity index (χ0) is 15.4. The molecule has 0 aliphatic carbocycles. The second kappa shape index (κ2) is 8.80. The fraction of sp³-hybridized carbons (Fsp3) is 0.588. The second-order valence-electron chi connectivity index (χ2n) is 6.13. The first-order chi connectivity index (χ1) is 9.97. The Morgan fingerprint density at radius 2 is 2.00 bits per heavy atom. The molecule has 0 spiro atoms. The molecule has 124 valence electrons. The monoisotopic (exact) mass is 342 g/mol. The van der Waals surface area contributed by atoms with Crippen molar-refractivity contribution >= 4 is 30.1 Å². The summed E-state index contributed by atoms with van der Waals surface area (Å²) in [5.41, 5.74) is 8.43. The van der Waals surface area contributed by atoms with Gasteiger partial charge in [-0.15, -0.1) is 24.2 Å². The van der Waals surface area contributed by atoms with E-state index in [2.05, 4.69) is 39.0 Å². The van der Waals surface area contributed by atoms with Crippen molar-refractivity contribution in [2.24, 2.45) is 11.7 Å². The standard InChI is InChI=1S/C17H26N2OS.ClH/c1-12-4-5-13(2)16(10-12)21-11-17(20)19-8-6-15(7-9-19)14(3)18;/h4-5,10,14-15H,6-9,11,18H2,1-3H3;1H. The Hall–Kier alpha value is -0.710. The van der Waals surface area contributed by atoms with Crippen LogP contribution in [0.3, 0.4) is 0 Å². The van der Waals surface area contributed by atoms with Gasteiger partial charge in [-0.25, -0.2) is 0 Å². The maximum Gasteiger partial charge on any atom is 0.232 e. The van der Waals surface area contributed by atoms with Crippen LogP contribution in [0.25, 0.3) is 0 Å². The van der Waals surface area contributed by atoms with Crippen molar-refractivity contribution in [2.45, 2.75) is 44.6 Å². The van der Waals surface area contributed by atoms with Crippen molar-refractivity contribution in [3.8, 4) is 0 Å². The van der Waals surface area contributed by atoms with E-state index in [1.807, 2.05) is 4.90 Å². The lowest BCUT2D eigenvalue weighted by Crippen LogP contribution is -2.43. The number of carbonyl (C=O) groups is 1. The number of amides is 1. The molecule has 1 atom stereocenters. The van der Waals surface area contributed by atoms with Gasteiger partial charge in [0.05, 0.1) is 5.75 Å². The summed E-state index contributed by atoms with van der Waals surface area (Å²) in [5.74, 6) is 1.36. The highest BCUT2D eigenvalue weighted by Gasteiger charge is 2.24. The van der Waals surface area contributed by atoms with Gasteiger partial charge in [0.1, 0.15) is 0 Å². The van der Waals surface area contributed by atoms with E-state index >= 15 is 0 Å². The summed E-state index contributed by atoms with van der Waals surface area (Å²) in [7, 11) is 0. The molecule has 1 amide bonds. The number of benzene rings is 1. The fourth-order valence-corrected chi connectivity index (χ4v) is 3.79. The van der Waals surface area contributed by atoms with Crippen LogP contribution in [0.1, 0.15) is 30.9 Å². The SMILES string of the molecule is Cc1ccc(C)c(SCC(=O)N2CCC(C(C)N)CC2)c1.Cl. The molecule has 5 heteroatoms. The molecule has 3 nitrogen and oxygen atoms in total. The minimum absolute atomic E-state index is 0. The summed E-state index contributed by atoms with van der Waals surface area (Å²) in [6, 6.07) is 6.64. The molecular weight excluding hydrogens is 316 g/mol. The van der Waals surface area contributed by atoms with Crippen molar-refractivity contribution in [1.82, 2.24) is 4.90 Å². The van der Waals surface area contributed by atoms with Gasteiger partial charge in [0.2, 0.25) is 5.91 Å². The fourth-order valence-electron chi connectivity index (χ4n) is 2.77. The number of thioether (sulfide) groups is 1. The highest BCUT2D eigenvalue weighted by atomic mass is 35.5. The Balaban J connectivity index is 0.00000242. The van der Waals surface area contributed by atoms with Crippen LogP contribution >= 0.6 is 24.2 Å². The molecule has 0 radical (unpaired) electrons. The lowest BCUT2D eigenvalue weighted by atomic mass is 9.91. The minimum atomic E-state index is 0. The van der Waals surface area contributed by atoms with Gasteiger partial charge < -0.3 is 10.6 Å². The van der Waals surface area contributed by atoms with E-state index < -0.39 is 0 Å². The first kappa shape index (κ1) is 19.3. The highest BCUT2D eigenvalue weighted by Crippen LogP contribution is 2.25. The summed E-state index contributed by atoms with van der Waals surface area (Å²) in [5, 5.41) is 0. The summed E-state index contributed by atoms with van der Waals surface area (Å²) in [4.78, 5) is 15.5. The largest absolute Gasteiger partial charge is 0.342 e. The van der Waals surface area contributed by atoms with Gasteiger partial charge in [-0.05, 0) is 51.2 Å². The number of hydrogen-bond acceptors (Lipinski definition) is 3. The molecule has 1 heterocycles. The van der Waals surface area contributed by atoms with Crippen LogP contribution in [0.15, 0.2) is 23.1 Å². The lowest BCUT2D eigenvalue weighted by Gasteiger charge is -2.33. The van der Waals surface area contributed by atoms with Gasteiger partial charge in [-0.2, -0.15) is 0 Å². The first-order valence-corrected chi connectivity index (χ1v) is 8.69. The molecule has 22 heavy (non-hydrogen) atoms. The summed E-state index contributed by atoms with van der Waals surface area (Å²) < 4.78 is 0. The summed E-state index contributed by atoms with van der Waals surface area (Å²) in [6.45, 7) is 7.97. The number of halogens is 1. The van der Waals surface area contributed by atoms with Gasteiger partial charge in [0.15, 0.2) is 0 Å². The molecule has 0 aromatic heterocycles. The Kier molecular flexibility index (Phi) is 7.74. The average molecular weight is 343 g/mol. The van der Waals surface area contributed by atoms with Crippen LogP contribution < -0.4 is 5.73 Å². The van der Waals surface area contributed by atoms with Crippen molar-refractivity contribution in [1.29, 1.82) is 0 Å². The lowest BCUT2D eigenvalue weighted by molar-refractivity contribution is -0.129. The van der Waals surface area contributed by atoms with Gasteiger partial charge in [-0.3, -0.25) is 4.79 Å². The quantitative estimate of drug-likeness (QED) is 0.853. The van der Waals surface area contributed by atoms with Crippen molar-refractivity contribution < 1.29 is 4.79 Å². The third-order valence-corrected chi connectivity index (χ3v) is 5.47. The molecule has 0 bridgehead atoms. The van der Waals surface area contributed by atoms with Crippen LogP contribution in [0.5, 0.6) is 0 Å². The number of rotatable bonds is 4. The Morgan fingerprint density at radius 1 is 1.36 bits per heavy atom. The molecular formula is C17H27ClN2OS. The van der Waals surface area contributed by atoms with Crippen LogP contribution in [0.2, 0.25) is 0 Å². The van der Waals surface area contributed by atoms with Crippen LogP contribution in [0, 0.1) is 19.8 Å². The predicted octanol–water partition coefficient (Wildman–Crippen LogP) is 3.40. The second-order valence-corrected chi connectivity index (χ2v) is 7.15. The van der Waals surface area contributed by atoms with Crippen molar-refractivity contribution in [2.75, 3.05) is 18.8 Å². The molecule has 1 unspecified atom stereocenters. The molecule has 1 aliphatic rings. The molecule has 1 aromatic carbocycles. The Bertz CT molecular complexity index is 499. The van der Waals surface area contributed by atoms with E-state index in [1.54, 1.807) is 11.8 Å². The number of aryl methyl sites for hydroxylation is 2. The maximum atomic E-state index is 12.3. The average Bonchev–Trinajstić information content (AvgIpc) is 2.48. The van der Waals surface area contributed by atoms with E-state index in [-0.39, 0.29) is 24.4 Å². The zero-order valence-electron chi connectivity index (χ0n) is 13.7. The molecule has 2 rings (SSSR count). The van der Waals surface area contributed by atoms with Crippen molar-refractivity contribution in [3.63, 3.8) is 0 Å². The van der Waals surface area contributed by atoms with E-state index in [9.17, 15) is 4.79 Å². The Labute approximate surface area is 144 Å². The number of likely N-dealkylation sites (tertiary alicyclic amines) is 1. The summed E-state index contributed by atoms with van der Waals surface area (Å²) >= 11 is 1.65. The van der Waals surface area contributed by atoms with E-state index in [4.69, 9.17) is 5.73 Å². The van der Waals surface area contributed by atoms with Crippen LogP contribution in [0.4, 0.5) is 0 Å². The van der Waals surface area contributed by atoms with Crippen LogP contribution in [-0.4, -0.2) is 35.7 Å². The number of piperidine rings is 1. The number of nitrogens with zero attached hydrogens (tertiary/aromatic N) is 1. The van der Waals surface area contributed by atoms with Gasteiger partial charge in [0.25, 0.3) is 0 Å². The molecule has 1 aliphatic heterocycles. The van der Waals surface area contributed by atoms with Gasteiger partial charge >= 0.3 is 0 Å². The van der Waals surface area contributed by atoms with Crippen molar-refractivity contribution in [3.05, 3.63) is 29.3 Å². The maximum absolute atomic E-state index is 12.3. The smallest absolute Gasteiger partial charge is 0.232 e. The highest BCUT2D eigenvalue weighted by molar-refractivity contribution is 8.00. The Morgan fingerprint density at radius 3 is 2.59 bits per heavy atom. The van der Waals surface area contributed by atoms with Gasteiger partial charge in [0, 0.05) is 24.0 Å². The number of hydrogen-bond donors (Lipinski definition) is 1. The summed E-state index contributed by atoms with van der Waals surface area (Å²) in [6.07, 6.45) is 2.08. The molecule has 1 saturated heterocycles. The van der Waals surface area contributed by atoms with E-state index in [0.717, 1.165) is 25.9 Å². The topological polar surface area (TPSA) is 46.3 Å². The predicted molar refractivity (Wildman–Crippen MR) is 96.8 cm³/mol. The molecule has 2 N–H and O–H groups in total. The third-order valence-electron chi connectivity index (χ3n) is 4.33. The number of nitrogens with two attached hydrogens (primary N) is 1. The molecule has 1 fully saturated rings. The molecule has 1 aromatic rings. The van der Waals surface area contributed by atoms with E-state index in [1.165, 1.54) is 16.0 Å². The zero-order valence-corrected chi connectivity index (χ0v) is 15.3. The van der Waals surface area contributed by atoms with Gasteiger partial charge in [-0.1, -0.05) is 17.7 Å². The number of carbonyl (C=O) groups excluding carboxylic acids is 1. The molecule has 0 saturated carbocycles.